The van der Waals surface area contributed by atoms with Crippen LogP contribution in [0, 0.1) is 0 Å². The van der Waals surface area contributed by atoms with Gasteiger partial charge in [0.15, 0.2) is 0 Å². The summed E-state index contributed by atoms with van der Waals surface area (Å²) in [7, 11) is 0. The SMILES string of the molecule is CCN1CCOC2(CCN(C(=O)/C=C/c3ccccc3)CC2)CC1=O. The van der Waals surface area contributed by atoms with Crippen LogP contribution in [0.5, 0.6) is 0 Å². The van der Waals surface area contributed by atoms with Gasteiger partial charge in [-0.05, 0) is 31.4 Å². The van der Waals surface area contributed by atoms with E-state index in [1.807, 2.05) is 53.1 Å². The molecular weight excluding hydrogens is 316 g/mol. The molecule has 0 unspecified atom stereocenters. The predicted molar refractivity (Wildman–Crippen MR) is 96.8 cm³/mol. The number of hydrogen-bond acceptors (Lipinski definition) is 3. The summed E-state index contributed by atoms with van der Waals surface area (Å²) in [4.78, 5) is 28.4. The molecule has 1 aromatic carbocycles. The van der Waals surface area contributed by atoms with Gasteiger partial charge in [0, 0.05) is 32.3 Å². The van der Waals surface area contributed by atoms with Crippen molar-refractivity contribution in [3.8, 4) is 0 Å². The summed E-state index contributed by atoms with van der Waals surface area (Å²) < 4.78 is 6.07. The van der Waals surface area contributed by atoms with Crippen LogP contribution in [0.4, 0.5) is 0 Å². The third-order valence-corrected chi connectivity index (χ3v) is 5.18. The van der Waals surface area contributed by atoms with Crippen LogP contribution >= 0.6 is 0 Å². The van der Waals surface area contributed by atoms with Crippen molar-refractivity contribution in [2.75, 3.05) is 32.8 Å². The van der Waals surface area contributed by atoms with Gasteiger partial charge in [-0.25, -0.2) is 0 Å². The van der Waals surface area contributed by atoms with Gasteiger partial charge in [0.2, 0.25) is 11.8 Å². The first-order valence-electron chi connectivity index (χ1n) is 9.06. The fourth-order valence-corrected chi connectivity index (χ4v) is 3.56. The molecule has 2 saturated heterocycles. The highest BCUT2D eigenvalue weighted by molar-refractivity contribution is 5.91. The van der Waals surface area contributed by atoms with E-state index in [-0.39, 0.29) is 17.4 Å². The van der Waals surface area contributed by atoms with Crippen molar-refractivity contribution in [1.29, 1.82) is 0 Å². The molecular formula is C20H26N2O3. The highest BCUT2D eigenvalue weighted by Gasteiger charge is 2.40. The Morgan fingerprint density at radius 2 is 1.92 bits per heavy atom. The lowest BCUT2D eigenvalue weighted by molar-refractivity contribution is -0.138. The van der Waals surface area contributed by atoms with Crippen molar-refractivity contribution in [2.45, 2.75) is 31.8 Å². The molecule has 0 saturated carbocycles. The van der Waals surface area contributed by atoms with E-state index >= 15 is 0 Å². The van der Waals surface area contributed by atoms with Gasteiger partial charge in [-0.3, -0.25) is 9.59 Å². The molecule has 1 aromatic rings. The molecule has 2 heterocycles. The monoisotopic (exact) mass is 342 g/mol. The molecule has 2 amide bonds. The van der Waals surface area contributed by atoms with E-state index in [4.69, 9.17) is 4.74 Å². The number of piperidine rings is 1. The summed E-state index contributed by atoms with van der Waals surface area (Å²) in [6.07, 6.45) is 5.36. The standard InChI is InChI=1S/C20H26N2O3/c1-2-21-14-15-25-20(16-19(21)24)10-12-22(13-11-20)18(23)9-8-17-6-4-3-5-7-17/h3-9H,2,10-16H2,1H3/b9-8+. The van der Waals surface area contributed by atoms with E-state index in [0.29, 0.717) is 32.7 Å². The van der Waals surface area contributed by atoms with Crippen molar-refractivity contribution in [2.24, 2.45) is 0 Å². The van der Waals surface area contributed by atoms with Gasteiger partial charge < -0.3 is 14.5 Å². The van der Waals surface area contributed by atoms with Crippen LogP contribution in [0.3, 0.4) is 0 Å². The molecule has 0 aliphatic carbocycles. The van der Waals surface area contributed by atoms with E-state index < -0.39 is 0 Å². The van der Waals surface area contributed by atoms with Crippen molar-refractivity contribution < 1.29 is 14.3 Å². The molecule has 0 radical (unpaired) electrons. The summed E-state index contributed by atoms with van der Waals surface area (Å²) in [6, 6.07) is 9.80. The number of carbonyl (C=O) groups excluding carboxylic acids is 2. The third-order valence-electron chi connectivity index (χ3n) is 5.18. The third kappa shape index (κ3) is 4.28. The average Bonchev–Trinajstić information content (AvgIpc) is 2.79. The number of benzene rings is 1. The van der Waals surface area contributed by atoms with Gasteiger partial charge in [0.1, 0.15) is 0 Å². The minimum absolute atomic E-state index is 0.0221. The highest BCUT2D eigenvalue weighted by atomic mass is 16.5. The van der Waals surface area contributed by atoms with Crippen LogP contribution in [0.25, 0.3) is 6.08 Å². The first-order valence-corrected chi connectivity index (χ1v) is 9.06. The lowest BCUT2D eigenvalue weighted by Crippen LogP contribution is -2.48. The molecule has 0 N–H and O–H groups in total. The molecule has 2 aliphatic rings. The summed E-state index contributed by atoms with van der Waals surface area (Å²) in [5, 5.41) is 0. The number of hydrogen-bond donors (Lipinski definition) is 0. The maximum Gasteiger partial charge on any atom is 0.246 e. The second-order valence-corrected chi connectivity index (χ2v) is 6.75. The lowest BCUT2D eigenvalue weighted by Gasteiger charge is -2.40. The smallest absolute Gasteiger partial charge is 0.246 e. The highest BCUT2D eigenvalue weighted by Crippen LogP contribution is 2.32. The normalized spacial score (nSPS) is 20.9. The average molecular weight is 342 g/mol. The van der Waals surface area contributed by atoms with Crippen molar-refractivity contribution in [1.82, 2.24) is 9.80 Å². The van der Waals surface area contributed by atoms with E-state index in [9.17, 15) is 9.59 Å². The Kier molecular flexibility index (Phi) is 5.53. The Labute approximate surface area is 149 Å². The van der Waals surface area contributed by atoms with Gasteiger partial charge in [0.25, 0.3) is 0 Å². The van der Waals surface area contributed by atoms with Gasteiger partial charge in [0.05, 0.1) is 18.6 Å². The van der Waals surface area contributed by atoms with E-state index in [0.717, 1.165) is 24.9 Å². The zero-order valence-corrected chi connectivity index (χ0v) is 14.8. The van der Waals surface area contributed by atoms with Crippen LogP contribution in [0.2, 0.25) is 0 Å². The van der Waals surface area contributed by atoms with Crippen molar-refractivity contribution >= 4 is 17.9 Å². The number of rotatable bonds is 3. The molecule has 2 fully saturated rings. The van der Waals surface area contributed by atoms with Gasteiger partial charge in [-0.2, -0.15) is 0 Å². The van der Waals surface area contributed by atoms with E-state index in [1.54, 1.807) is 6.08 Å². The Bertz CT molecular complexity index is 634. The first-order chi connectivity index (χ1) is 12.1. The van der Waals surface area contributed by atoms with Gasteiger partial charge >= 0.3 is 0 Å². The maximum absolute atomic E-state index is 12.4. The quantitative estimate of drug-likeness (QED) is 0.792. The second kappa shape index (κ2) is 7.83. The topological polar surface area (TPSA) is 49.9 Å². The van der Waals surface area contributed by atoms with Crippen LogP contribution in [-0.2, 0) is 14.3 Å². The number of likely N-dealkylation sites (tertiary alicyclic amines) is 1. The minimum Gasteiger partial charge on any atom is -0.372 e. The maximum atomic E-state index is 12.4. The molecule has 0 atom stereocenters. The molecule has 3 rings (SSSR count). The minimum atomic E-state index is -0.388. The summed E-state index contributed by atoms with van der Waals surface area (Å²) in [6.45, 7) is 5.25. The Morgan fingerprint density at radius 1 is 1.20 bits per heavy atom. The fraction of sp³-hybridized carbons (Fsp3) is 0.500. The molecule has 1 spiro atoms. The van der Waals surface area contributed by atoms with Crippen molar-refractivity contribution in [3.05, 3.63) is 42.0 Å². The van der Waals surface area contributed by atoms with Gasteiger partial charge in [-0.1, -0.05) is 30.3 Å². The molecule has 0 bridgehead atoms. The van der Waals surface area contributed by atoms with E-state index in [2.05, 4.69) is 0 Å². The molecule has 134 valence electrons. The lowest BCUT2D eigenvalue weighted by atomic mass is 9.87. The largest absolute Gasteiger partial charge is 0.372 e. The number of carbonyl (C=O) groups is 2. The van der Waals surface area contributed by atoms with Gasteiger partial charge in [-0.15, -0.1) is 0 Å². The molecule has 25 heavy (non-hydrogen) atoms. The zero-order valence-electron chi connectivity index (χ0n) is 14.8. The zero-order chi connectivity index (χ0) is 17.7. The number of ether oxygens (including phenoxy) is 1. The Morgan fingerprint density at radius 3 is 2.60 bits per heavy atom. The molecule has 5 nitrogen and oxygen atoms in total. The van der Waals surface area contributed by atoms with Crippen LogP contribution in [0.15, 0.2) is 36.4 Å². The molecule has 2 aliphatic heterocycles. The summed E-state index contributed by atoms with van der Waals surface area (Å²) in [5.41, 5.74) is 0.627. The number of likely N-dealkylation sites (N-methyl/N-ethyl adjacent to an activating group) is 1. The van der Waals surface area contributed by atoms with Crippen LogP contribution < -0.4 is 0 Å². The first kappa shape index (κ1) is 17.7. The van der Waals surface area contributed by atoms with Crippen molar-refractivity contribution in [3.63, 3.8) is 0 Å². The summed E-state index contributed by atoms with van der Waals surface area (Å²) in [5.74, 6) is 0.192. The Hall–Kier alpha value is -2.14. The predicted octanol–water partition coefficient (Wildman–Crippen LogP) is 2.33. The number of nitrogens with zero attached hydrogens (tertiary/aromatic N) is 2. The van der Waals surface area contributed by atoms with E-state index in [1.165, 1.54) is 0 Å². The molecule has 5 heteroatoms. The molecule has 0 aromatic heterocycles. The number of amides is 2. The van der Waals surface area contributed by atoms with Crippen LogP contribution in [-0.4, -0.2) is 60.0 Å². The fourth-order valence-electron chi connectivity index (χ4n) is 3.56. The summed E-state index contributed by atoms with van der Waals surface area (Å²) >= 11 is 0. The van der Waals surface area contributed by atoms with Crippen LogP contribution in [0.1, 0.15) is 31.7 Å². The Balaban J connectivity index is 1.57. The second-order valence-electron chi connectivity index (χ2n) is 6.75.